The molecule has 35 heavy (non-hydrogen) atoms. The predicted molar refractivity (Wildman–Crippen MR) is 141 cm³/mol. The summed E-state index contributed by atoms with van der Waals surface area (Å²) in [6.45, 7) is 4.55. The van der Waals surface area contributed by atoms with Crippen LogP contribution in [-0.4, -0.2) is 45.3 Å². The Morgan fingerprint density at radius 3 is 2.54 bits per heavy atom. The SMILES string of the molecule is CSc1ccc(C[C@]2(CCC(=O)N(C)Cc3cccc(-n4nc(C)cc4C)c3)CCC(=O)N2)cc1. The normalized spacial score (nSPS) is 17.4. The van der Waals surface area contributed by atoms with Crippen LogP contribution >= 0.6 is 11.8 Å². The van der Waals surface area contributed by atoms with E-state index in [0.717, 1.165) is 35.5 Å². The third kappa shape index (κ3) is 6.14. The van der Waals surface area contributed by atoms with Crippen molar-refractivity contribution in [2.24, 2.45) is 0 Å². The van der Waals surface area contributed by atoms with Crippen molar-refractivity contribution in [2.45, 2.75) is 62.9 Å². The maximum atomic E-state index is 13.1. The molecule has 0 unspecified atom stereocenters. The highest BCUT2D eigenvalue weighted by Crippen LogP contribution is 2.30. The summed E-state index contributed by atoms with van der Waals surface area (Å²) in [5.74, 6) is 0.160. The summed E-state index contributed by atoms with van der Waals surface area (Å²) < 4.78 is 1.93. The number of amides is 2. The van der Waals surface area contributed by atoms with Crippen molar-refractivity contribution in [3.8, 4) is 5.69 Å². The first-order valence-electron chi connectivity index (χ1n) is 12.1. The topological polar surface area (TPSA) is 67.2 Å². The number of carbonyl (C=O) groups excluding carboxylic acids is 2. The van der Waals surface area contributed by atoms with E-state index >= 15 is 0 Å². The first kappa shape index (κ1) is 25.0. The van der Waals surface area contributed by atoms with E-state index in [9.17, 15) is 9.59 Å². The van der Waals surface area contributed by atoms with Gasteiger partial charge >= 0.3 is 0 Å². The molecular formula is C28H34N4O2S. The van der Waals surface area contributed by atoms with E-state index < -0.39 is 0 Å². The molecule has 1 aliphatic rings. The molecule has 4 rings (SSSR count). The Balaban J connectivity index is 1.39. The first-order valence-corrected chi connectivity index (χ1v) is 13.3. The van der Waals surface area contributed by atoms with Gasteiger partial charge in [0.1, 0.15) is 0 Å². The van der Waals surface area contributed by atoms with Crippen molar-refractivity contribution in [1.29, 1.82) is 0 Å². The van der Waals surface area contributed by atoms with Crippen LogP contribution in [0.15, 0.2) is 59.5 Å². The van der Waals surface area contributed by atoms with Gasteiger partial charge in [0.25, 0.3) is 0 Å². The highest BCUT2D eigenvalue weighted by atomic mass is 32.2. The van der Waals surface area contributed by atoms with Crippen molar-refractivity contribution >= 4 is 23.6 Å². The molecule has 2 aromatic carbocycles. The van der Waals surface area contributed by atoms with Crippen LogP contribution in [0.25, 0.3) is 5.69 Å². The number of thioether (sulfide) groups is 1. The highest BCUT2D eigenvalue weighted by Gasteiger charge is 2.38. The lowest BCUT2D eigenvalue weighted by molar-refractivity contribution is -0.131. The van der Waals surface area contributed by atoms with Crippen LogP contribution in [0.3, 0.4) is 0 Å². The van der Waals surface area contributed by atoms with E-state index in [1.54, 1.807) is 16.7 Å². The van der Waals surface area contributed by atoms with E-state index in [1.165, 1.54) is 10.5 Å². The zero-order valence-corrected chi connectivity index (χ0v) is 21.8. The van der Waals surface area contributed by atoms with Gasteiger partial charge in [-0.3, -0.25) is 9.59 Å². The summed E-state index contributed by atoms with van der Waals surface area (Å²) in [6.07, 6.45) is 5.12. The number of aryl methyl sites for hydroxylation is 2. The molecule has 1 fully saturated rings. The molecule has 2 amide bonds. The molecule has 184 valence electrons. The number of carbonyl (C=O) groups is 2. The Kier molecular flexibility index (Phi) is 7.65. The zero-order valence-electron chi connectivity index (χ0n) is 21.0. The molecule has 0 radical (unpaired) electrons. The molecular weight excluding hydrogens is 456 g/mol. The van der Waals surface area contributed by atoms with Gasteiger partial charge in [0, 0.05) is 42.6 Å². The van der Waals surface area contributed by atoms with Crippen LogP contribution < -0.4 is 5.32 Å². The largest absolute Gasteiger partial charge is 0.350 e. The minimum atomic E-state index is -0.357. The number of aromatic nitrogens is 2. The lowest BCUT2D eigenvalue weighted by Crippen LogP contribution is -2.44. The number of nitrogens with zero attached hydrogens (tertiary/aromatic N) is 3. The Hall–Kier alpha value is -3.06. The van der Waals surface area contributed by atoms with Crippen LogP contribution in [0, 0.1) is 13.8 Å². The van der Waals surface area contributed by atoms with Gasteiger partial charge in [-0.05, 0) is 80.8 Å². The van der Waals surface area contributed by atoms with E-state index in [2.05, 4.69) is 53.1 Å². The highest BCUT2D eigenvalue weighted by molar-refractivity contribution is 7.98. The van der Waals surface area contributed by atoms with Gasteiger partial charge in [0.15, 0.2) is 0 Å². The van der Waals surface area contributed by atoms with E-state index in [0.29, 0.717) is 25.8 Å². The summed E-state index contributed by atoms with van der Waals surface area (Å²) in [5, 5.41) is 7.76. The second kappa shape index (κ2) is 10.7. The molecule has 0 aliphatic carbocycles. The van der Waals surface area contributed by atoms with Gasteiger partial charge in [0.05, 0.1) is 11.4 Å². The molecule has 1 saturated heterocycles. The number of nitrogens with one attached hydrogen (secondary N) is 1. The maximum Gasteiger partial charge on any atom is 0.222 e. The number of rotatable bonds is 9. The predicted octanol–water partition coefficient (Wildman–Crippen LogP) is 4.84. The minimum Gasteiger partial charge on any atom is -0.350 e. The first-order chi connectivity index (χ1) is 16.8. The molecule has 0 bridgehead atoms. The Morgan fingerprint density at radius 1 is 1.14 bits per heavy atom. The Morgan fingerprint density at radius 2 is 1.91 bits per heavy atom. The summed E-state index contributed by atoms with van der Waals surface area (Å²) in [5.41, 5.74) is 4.94. The molecule has 1 aromatic heterocycles. The fourth-order valence-electron chi connectivity index (χ4n) is 4.89. The molecule has 2 heterocycles. The molecule has 1 atom stereocenters. The summed E-state index contributed by atoms with van der Waals surface area (Å²) >= 11 is 1.71. The third-order valence-corrected chi connectivity index (χ3v) is 7.51. The fourth-order valence-corrected chi connectivity index (χ4v) is 5.30. The summed E-state index contributed by atoms with van der Waals surface area (Å²) in [7, 11) is 1.85. The van der Waals surface area contributed by atoms with E-state index in [4.69, 9.17) is 0 Å². The maximum absolute atomic E-state index is 13.1. The van der Waals surface area contributed by atoms with Crippen LogP contribution in [0.1, 0.15) is 48.2 Å². The van der Waals surface area contributed by atoms with Gasteiger partial charge in [-0.15, -0.1) is 11.8 Å². The van der Waals surface area contributed by atoms with Crippen molar-refractivity contribution < 1.29 is 9.59 Å². The van der Waals surface area contributed by atoms with Crippen molar-refractivity contribution in [2.75, 3.05) is 13.3 Å². The van der Waals surface area contributed by atoms with Crippen molar-refractivity contribution in [1.82, 2.24) is 20.0 Å². The van der Waals surface area contributed by atoms with Crippen LogP contribution in [0.5, 0.6) is 0 Å². The summed E-state index contributed by atoms with van der Waals surface area (Å²) in [6, 6.07) is 18.7. The average molecular weight is 491 g/mol. The van der Waals surface area contributed by atoms with E-state index in [1.807, 2.05) is 43.8 Å². The molecule has 7 heteroatoms. The second-order valence-electron chi connectivity index (χ2n) is 9.61. The Labute approximate surface area is 212 Å². The molecule has 6 nitrogen and oxygen atoms in total. The molecule has 0 spiro atoms. The summed E-state index contributed by atoms with van der Waals surface area (Å²) in [4.78, 5) is 28.2. The van der Waals surface area contributed by atoms with Crippen molar-refractivity contribution in [3.05, 3.63) is 77.1 Å². The van der Waals surface area contributed by atoms with Gasteiger partial charge in [-0.2, -0.15) is 5.10 Å². The number of hydrogen-bond donors (Lipinski definition) is 1. The average Bonchev–Trinajstić information content (AvgIpc) is 3.39. The smallest absolute Gasteiger partial charge is 0.222 e. The van der Waals surface area contributed by atoms with Gasteiger partial charge < -0.3 is 10.2 Å². The zero-order chi connectivity index (χ0) is 25.0. The molecule has 1 aliphatic heterocycles. The standard InChI is InChI=1S/C28H34N4O2S/c1-20-16-21(2)32(30-20)24-7-5-6-23(17-24)19-31(3)27(34)13-15-28(14-12-26(33)29-28)18-22-8-10-25(35-4)11-9-22/h5-11,16-17H,12-15,18-19H2,1-4H3,(H,29,33)/t28-/m1/s1. The monoisotopic (exact) mass is 490 g/mol. The minimum absolute atomic E-state index is 0.0764. The lowest BCUT2D eigenvalue weighted by atomic mass is 9.85. The number of hydrogen-bond acceptors (Lipinski definition) is 4. The van der Waals surface area contributed by atoms with E-state index in [-0.39, 0.29) is 17.4 Å². The van der Waals surface area contributed by atoms with Crippen LogP contribution in [0.2, 0.25) is 0 Å². The third-order valence-electron chi connectivity index (χ3n) is 6.76. The van der Waals surface area contributed by atoms with Crippen molar-refractivity contribution in [3.63, 3.8) is 0 Å². The second-order valence-corrected chi connectivity index (χ2v) is 10.5. The van der Waals surface area contributed by atoms with Gasteiger partial charge in [-0.25, -0.2) is 4.68 Å². The van der Waals surface area contributed by atoms with Gasteiger partial charge in [0.2, 0.25) is 11.8 Å². The lowest BCUT2D eigenvalue weighted by Gasteiger charge is -2.30. The van der Waals surface area contributed by atoms with Gasteiger partial charge in [-0.1, -0.05) is 24.3 Å². The van der Waals surface area contributed by atoms with Crippen LogP contribution in [0.4, 0.5) is 0 Å². The molecule has 0 saturated carbocycles. The number of benzene rings is 2. The molecule has 3 aromatic rings. The Bertz CT molecular complexity index is 1200. The fraction of sp³-hybridized carbons (Fsp3) is 0.393. The van der Waals surface area contributed by atoms with Crippen LogP contribution in [-0.2, 0) is 22.6 Å². The quantitative estimate of drug-likeness (QED) is 0.436. The molecule has 1 N–H and O–H groups in total.